The second-order valence-electron chi connectivity index (χ2n) is 14.4. The van der Waals surface area contributed by atoms with Gasteiger partial charge in [-0.1, -0.05) is 52.0 Å². The Morgan fingerprint density at radius 3 is 2.34 bits per heavy atom. The van der Waals surface area contributed by atoms with Gasteiger partial charge in [0.25, 0.3) is 10.0 Å². The Labute approximate surface area is 311 Å². The van der Waals surface area contributed by atoms with E-state index >= 15 is 0 Å². The monoisotopic (exact) mass is 743 g/mol. The number of ether oxygens (including phenoxy) is 2. The summed E-state index contributed by atoms with van der Waals surface area (Å²) in [6.45, 7) is 17.1. The molecule has 0 aliphatic carbocycles. The number of carbonyl (C=O) groups is 1. The van der Waals surface area contributed by atoms with Gasteiger partial charge in [0, 0.05) is 35.8 Å². The van der Waals surface area contributed by atoms with Crippen molar-refractivity contribution in [2.75, 3.05) is 17.9 Å². The molecular formula is C39H49N7O6S. The first-order chi connectivity index (χ1) is 25.0. The van der Waals surface area contributed by atoms with Crippen LogP contribution in [0, 0.1) is 13.8 Å². The highest BCUT2D eigenvalue weighted by Gasteiger charge is 2.25. The van der Waals surface area contributed by atoms with Crippen molar-refractivity contribution in [1.82, 2.24) is 29.8 Å². The zero-order valence-corrected chi connectivity index (χ0v) is 32.6. The molecule has 3 aromatic heterocycles. The molecule has 0 amide bonds. The molecule has 0 radical (unpaired) electrons. The molecule has 0 fully saturated rings. The summed E-state index contributed by atoms with van der Waals surface area (Å²) in [7, 11) is -2.28. The largest absolute Gasteiger partial charge is 0.478 e. The molecule has 3 heterocycles. The Balaban J connectivity index is 1.48. The molecule has 0 saturated heterocycles. The predicted octanol–water partition coefficient (Wildman–Crippen LogP) is 6.36. The standard InChI is InChI=1S/C39H49N7O6S/c1-10-30-34(33-24(4)13-11-14-25(33)5)43-38(45-53(49,50)29-16-12-15-26(17-29)37(47)48)44-36(30)52-22-28(21-51-23(2)3)40-19-27-20-41-31-18-32(39(6,7)8)46(9)35(31)42-27/h11-18,20,23,28,40H,10,19,21-22H2,1-9H3,(H,47,48)(H,43,44,45)/t28-/m1/s1. The third kappa shape index (κ3) is 9.18. The van der Waals surface area contributed by atoms with E-state index in [2.05, 4.69) is 51.4 Å². The Bertz CT molecular complexity index is 2210. The van der Waals surface area contributed by atoms with Crippen LogP contribution < -0.4 is 14.8 Å². The second kappa shape index (κ2) is 16.0. The van der Waals surface area contributed by atoms with Gasteiger partial charge >= 0.3 is 5.97 Å². The van der Waals surface area contributed by atoms with E-state index in [-0.39, 0.29) is 46.5 Å². The lowest BCUT2D eigenvalue weighted by atomic mass is 9.92. The van der Waals surface area contributed by atoms with Crippen LogP contribution in [0.15, 0.2) is 59.6 Å². The maximum absolute atomic E-state index is 13.5. The van der Waals surface area contributed by atoms with E-state index < -0.39 is 16.0 Å². The van der Waals surface area contributed by atoms with Crippen LogP contribution in [0.4, 0.5) is 5.95 Å². The smallest absolute Gasteiger partial charge is 0.335 e. The highest BCUT2D eigenvalue weighted by atomic mass is 32.2. The molecule has 0 aliphatic rings. The molecule has 13 nitrogen and oxygen atoms in total. The average Bonchev–Trinajstić information content (AvgIpc) is 3.43. The lowest BCUT2D eigenvalue weighted by molar-refractivity contribution is 0.0490. The van der Waals surface area contributed by atoms with Gasteiger partial charge in [-0.05, 0) is 69.5 Å². The van der Waals surface area contributed by atoms with Crippen LogP contribution >= 0.6 is 0 Å². The highest BCUT2D eigenvalue weighted by Crippen LogP contribution is 2.35. The van der Waals surface area contributed by atoms with Gasteiger partial charge in [-0.15, -0.1) is 0 Å². The van der Waals surface area contributed by atoms with Gasteiger partial charge < -0.3 is 24.5 Å². The molecule has 282 valence electrons. The SMILES string of the molecule is CCc1c(OC[C@@H](COC(C)C)NCc2cnc3cc(C(C)(C)C)n(C)c3n2)nc(NS(=O)(=O)c2cccc(C(=O)O)c2)nc1-c1c(C)cccc1C. The molecule has 53 heavy (non-hydrogen) atoms. The quantitative estimate of drug-likeness (QED) is 0.109. The molecule has 0 bridgehead atoms. The second-order valence-corrected chi connectivity index (χ2v) is 16.1. The number of nitrogens with one attached hydrogen (secondary N) is 2. The van der Waals surface area contributed by atoms with Gasteiger partial charge in [0.15, 0.2) is 5.65 Å². The molecule has 0 spiro atoms. The summed E-state index contributed by atoms with van der Waals surface area (Å²) >= 11 is 0. The number of sulfonamides is 1. The van der Waals surface area contributed by atoms with E-state index in [1.165, 1.54) is 18.2 Å². The molecule has 0 saturated carbocycles. The number of aromatic carboxylic acids is 1. The third-order valence-corrected chi connectivity index (χ3v) is 10.2. The summed E-state index contributed by atoms with van der Waals surface area (Å²) in [5, 5.41) is 13.0. The van der Waals surface area contributed by atoms with Crippen LogP contribution in [0.5, 0.6) is 5.88 Å². The number of carboxylic acids is 1. The molecule has 14 heteroatoms. The summed E-state index contributed by atoms with van der Waals surface area (Å²) in [6.07, 6.45) is 2.23. The minimum atomic E-state index is -4.28. The number of anilines is 1. The van der Waals surface area contributed by atoms with Gasteiger partial charge in [0.2, 0.25) is 11.8 Å². The van der Waals surface area contributed by atoms with Crippen molar-refractivity contribution in [2.24, 2.45) is 7.05 Å². The zero-order valence-electron chi connectivity index (χ0n) is 31.8. The number of hydrogen-bond donors (Lipinski definition) is 3. The first kappa shape index (κ1) is 39.3. The van der Waals surface area contributed by atoms with Gasteiger partial charge in [0.05, 0.1) is 46.8 Å². The van der Waals surface area contributed by atoms with Gasteiger partial charge in [-0.3, -0.25) is 4.98 Å². The van der Waals surface area contributed by atoms with Crippen molar-refractivity contribution < 1.29 is 27.8 Å². The Morgan fingerprint density at radius 2 is 1.70 bits per heavy atom. The van der Waals surface area contributed by atoms with Crippen LogP contribution in [-0.4, -0.2) is 69.4 Å². The van der Waals surface area contributed by atoms with Crippen molar-refractivity contribution in [3.8, 4) is 17.1 Å². The van der Waals surface area contributed by atoms with E-state index in [4.69, 9.17) is 19.4 Å². The van der Waals surface area contributed by atoms with Crippen LogP contribution in [0.1, 0.15) is 80.0 Å². The first-order valence-electron chi connectivity index (χ1n) is 17.6. The number of fused-ring (bicyclic) bond motifs is 1. The molecular weight excluding hydrogens is 695 g/mol. The number of rotatable bonds is 15. The fraction of sp³-hybridized carbons (Fsp3) is 0.410. The zero-order chi connectivity index (χ0) is 38.7. The van der Waals surface area contributed by atoms with Crippen molar-refractivity contribution in [2.45, 2.75) is 90.8 Å². The van der Waals surface area contributed by atoms with Crippen LogP contribution in [-0.2, 0) is 40.2 Å². The van der Waals surface area contributed by atoms with Gasteiger partial charge in [-0.2, -0.15) is 4.98 Å². The normalized spacial score (nSPS) is 12.7. The molecule has 0 unspecified atom stereocenters. The minimum Gasteiger partial charge on any atom is -0.478 e. The number of carboxylic acid groups (broad SMARTS) is 1. The van der Waals surface area contributed by atoms with Crippen molar-refractivity contribution in [3.05, 3.63) is 88.4 Å². The maximum Gasteiger partial charge on any atom is 0.335 e. The summed E-state index contributed by atoms with van der Waals surface area (Å²) in [6, 6.07) is 12.7. The summed E-state index contributed by atoms with van der Waals surface area (Å²) in [5.74, 6) is -1.24. The van der Waals surface area contributed by atoms with E-state index in [0.29, 0.717) is 30.8 Å². The molecule has 0 aliphatic heterocycles. The van der Waals surface area contributed by atoms with Crippen molar-refractivity contribution in [3.63, 3.8) is 0 Å². The predicted molar refractivity (Wildman–Crippen MR) is 205 cm³/mol. The Kier molecular flexibility index (Phi) is 11.9. The summed E-state index contributed by atoms with van der Waals surface area (Å²) in [4.78, 5) is 30.2. The third-order valence-electron chi connectivity index (χ3n) is 8.83. The van der Waals surface area contributed by atoms with Gasteiger partial charge in [-0.25, -0.2) is 27.9 Å². The fourth-order valence-electron chi connectivity index (χ4n) is 6.14. The Hall–Kier alpha value is -4.92. The van der Waals surface area contributed by atoms with E-state index in [0.717, 1.165) is 45.3 Å². The van der Waals surface area contributed by atoms with E-state index in [1.807, 2.05) is 59.9 Å². The fourth-order valence-corrected chi connectivity index (χ4v) is 7.13. The van der Waals surface area contributed by atoms with Crippen LogP contribution in [0.25, 0.3) is 22.4 Å². The van der Waals surface area contributed by atoms with E-state index in [1.54, 1.807) is 6.20 Å². The molecule has 5 aromatic rings. The molecule has 1 atom stereocenters. The molecule has 3 N–H and O–H groups in total. The number of nitrogens with zero attached hydrogens (tertiary/aromatic N) is 5. The van der Waals surface area contributed by atoms with E-state index in [9.17, 15) is 18.3 Å². The average molecular weight is 744 g/mol. The highest BCUT2D eigenvalue weighted by molar-refractivity contribution is 7.92. The summed E-state index contributed by atoms with van der Waals surface area (Å²) in [5.41, 5.74) is 7.28. The number of aromatic nitrogens is 5. The lowest BCUT2D eigenvalue weighted by Crippen LogP contribution is -2.39. The summed E-state index contributed by atoms with van der Waals surface area (Å²) < 4.78 is 44.1. The lowest BCUT2D eigenvalue weighted by Gasteiger charge is -2.22. The number of benzene rings is 2. The van der Waals surface area contributed by atoms with Gasteiger partial charge in [0.1, 0.15) is 12.1 Å². The maximum atomic E-state index is 13.5. The molecule has 2 aromatic carbocycles. The van der Waals surface area contributed by atoms with Crippen molar-refractivity contribution >= 4 is 33.1 Å². The van der Waals surface area contributed by atoms with Crippen LogP contribution in [0.3, 0.4) is 0 Å². The molecule has 5 rings (SSSR count). The topological polar surface area (TPSA) is 170 Å². The van der Waals surface area contributed by atoms with Crippen LogP contribution in [0.2, 0.25) is 0 Å². The minimum absolute atomic E-state index is 0.0313. The van der Waals surface area contributed by atoms with Crippen molar-refractivity contribution in [1.29, 1.82) is 0 Å². The first-order valence-corrected chi connectivity index (χ1v) is 19.1. The Morgan fingerprint density at radius 1 is 1.00 bits per heavy atom. The number of hydrogen-bond acceptors (Lipinski definition) is 10. The number of aryl methyl sites for hydroxylation is 3.